The lowest BCUT2D eigenvalue weighted by molar-refractivity contribution is 0.0745. The molecule has 1 aliphatic heterocycles. The molecule has 0 radical (unpaired) electrons. The summed E-state index contributed by atoms with van der Waals surface area (Å²) in [6.45, 7) is 2.40. The molecule has 202 valence electrons. The van der Waals surface area contributed by atoms with Gasteiger partial charge in [0.15, 0.2) is 0 Å². The Labute approximate surface area is 228 Å². The number of rotatable bonds is 6. The van der Waals surface area contributed by atoms with Gasteiger partial charge in [0.1, 0.15) is 11.5 Å². The third kappa shape index (κ3) is 5.13. The largest absolute Gasteiger partial charge is 0.497 e. The van der Waals surface area contributed by atoms with E-state index in [1.54, 1.807) is 38.6 Å². The first kappa shape index (κ1) is 25.2. The summed E-state index contributed by atoms with van der Waals surface area (Å²) in [5.74, 6) is 3.02. The van der Waals surface area contributed by atoms with E-state index in [4.69, 9.17) is 19.6 Å². The number of hydrogen-bond acceptors (Lipinski definition) is 7. The third-order valence-corrected chi connectivity index (χ3v) is 7.96. The maximum Gasteiger partial charge on any atom is 0.254 e. The van der Waals surface area contributed by atoms with E-state index >= 15 is 0 Å². The predicted octanol–water partition coefficient (Wildman–Crippen LogP) is 4.82. The van der Waals surface area contributed by atoms with E-state index in [1.807, 2.05) is 15.5 Å². The van der Waals surface area contributed by atoms with Crippen molar-refractivity contribution >= 4 is 17.6 Å². The first-order chi connectivity index (χ1) is 19.1. The summed E-state index contributed by atoms with van der Waals surface area (Å²) in [6, 6.07) is 16.2. The number of ether oxygens (including phenoxy) is 2. The fourth-order valence-corrected chi connectivity index (χ4v) is 5.72. The van der Waals surface area contributed by atoms with Gasteiger partial charge < -0.3 is 19.3 Å². The van der Waals surface area contributed by atoms with Crippen LogP contribution in [0.4, 0.5) is 5.95 Å². The topological polar surface area (TPSA) is 85.1 Å². The number of aromatic nitrogens is 4. The maximum atomic E-state index is 13.2. The van der Waals surface area contributed by atoms with Gasteiger partial charge in [-0.25, -0.2) is 4.98 Å². The molecule has 9 nitrogen and oxygen atoms in total. The molecule has 0 unspecified atom stereocenters. The fourth-order valence-electron chi connectivity index (χ4n) is 5.72. The Morgan fingerprint density at radius 3 is 2.23 bits per heavy atom. The molecular formula is C30H34N6O3. The first-order valence-electron chi connectivity index (χ1n) is 13.7. The highest BCUT2D eigenvalue weighted by molar-refractivity contribution is 5.95. The molecule has 1 saturated carbocycles. The summed E-state index contributed by atoms with van der Waals surface area (Å²) in [6.07, 6.45) is 8.39. The van der Waals surface area contributed by atoms with E-state index in [0.29, 0.717) is 60.9 Å². The number of amides is 1. The normalized spacial score (nSPS) is 16.5. The second-order valence-electron chi connectivity index (χ2n) is 10.3. The Morgan fingerprint density at radius 1 is 0.872 bits per heavy atom. The number of hydrogen-bond donors (Lipinski definition) is 0. The Bertz CT molecular complexity index is 1430. The Morgan fingerprint density at radius 2 is 1.56 bits per heavy atom. The van der Waals surface area contributed by atoms with Crippen molar-refractivity contribution in [2.24, 2.45) is 0 Å². The van der Waals surface area contributed by atoms with E-state index in [9.17, 15) is 4.79 Å². The third-order valence-electron chi connectivity index (χ3n) is 7.96. The van der Waals surface area contributed by atoms with E-state index in [0.717, 1.165) is 11.3 Å². The van der Waals surface area contributed by atoms with Crippen LogP contribution in [0.5, 0.6) is 11.5 Å². The van der Waals surface area contributed by atoms with E-state index < -0.39 is 0 Å². The SMILES string of the molecule is COc1cc(OC)cc(C(=O)N2CCN(c3nc4nccc(-c5ccc(C6CCCCC6)cc5)n4n3)CC2)c1. The second kappa shape index (κ2) is 10.9. The molecule has 0 atom stereocenters. The van der Waals surface area contributed by atoms with Crippen LogP contribution in [0, 0.1) is 0 Å². The van der Waals surface area contributed by atoms with Gasteiger partial charge >= 0.3 is 0 Å². The number of fused-ring (bicyclic) bond motifs is 1. The fraction of sp³-hybridized carbons (Fsp3) is 0.400. The van der Waals surface area contributed by atoms with Crippen molar-refractivity contribution in [1.82, 2.24) is 24.5 Å². The lowest BCUT2D eigenvalue weighted by Crippen LogP contribution is -2.49. The van der Waals surface area contributed by atoms with Gasteiger partial charge in [0, 0.05) is 49.6 Å². The van der Waals surface area contributed by atoms with Crippen molar-refractivity contribution in [3.8, 4) is 22.8 Å². The predicted molar refractivity (Wildman–Crippen MR) is 150 cm³/mol. The molecule has 0 bridgehead atoms. The van der Waals surface area contributed by atoms with Gasteiger partial charge in [-0.3, -0.25) is 4.79 Å². The van der Waals surface area contributed by atoms with E-state index in [-0.39, 0.29) is 5.91 Å². The summed E-state index contributed by atoms with van der Waals surface area (Å²) in [5, 5.41) is 4.83. The number of carbonyl (C=O) groups excluding carboxylic acids is 1. The van der Waals surface area contributed by atoms with Crippen LogP contribution < -0.4 is 14.4 Å². The number of anilines is 1. The molecule has 1 saturated heterocycles. The standard InChI is InChI=1S/C30H34N6O3/c1-38-25-18-24(19-26(20-25)39-2)28(37)34-14-16-35(17-15-34)30-32-29-31-13-12-27(36(29)33-30)23-10-8-22(9-11-23)21-6-4-3-5-7-21/h8-13,18-21H,3-7,14-17H2,1-2H3. The minimum atomic E-state index is -0.0459. The van der Waals surface area contributed by atoms with Gasteiger partial charge in [-0.15, -0.1) is 5.10 Å². The average Bonchev–Trinajstić information content (AvgIpc) is 3.46. The molecule has 6 rings (SSSR count). The molecule has 3 heterocycles. The summed E-state index contributed by atoms with van der Waals surface area (Å²) in [7, 11) is 3.16. The van der Waals surface area contributed by atoms with Gasteiger partial charge in [-0.1, -0.05) is 43.5 Å². The van der Waals surface area contributed by atoms with Crippen molar-refractivity contribution in [3.05, 3.63) is 65.9 Å². The van der Waals surface area contributed by atoms with E-state index in [1.165, 1.54) is 37.7 Å². The summed E-state index contributed by atoms with van der Waals surface area (Å²) < 4.78 is 12.5. The van der Waals surface area contributed by atoms with Crippen LogP contribution in [0.3, 0.4) is 0 Å². The smallest absolute Gasteiger partial charge is 0.254 e. The van der Waals surface area contributed by atoms with Gasteiger partial charge in [0.2, 0.25) is 5.95 Å². The Hall–Kier alpha value is -4.14. The highest BCUT2D eigenvalue weighted by atomic mass is 16.5. The van der Waals surface area contributed by atoms with Crippen LogP contribution in [0.1, 0.15) is 53.9 Å². The van der Waals surface area contributed by atoms with Gasteiger partial charge in [0.25, 0.3) is 11.7 Å². The Balaban J connectivity index is 1.17. The second-order valence-corrected chi connectivity index (χ2v) is 10.3. The molecule has 0 N–H and O–H groups in total. The van der Waals surface area contributed by atoms with Crippen molar-refractivity contribution < 1.29 is 14.3 Å². The monoisotopic (exact) mass is 526 g/mol. The van der Waals surface area contributed by atoms with Crippen LogP contribution in [0.25, 0.3) is 17.0 Å². The summed E-state index contributed by atoms with van der Waals surface area (Å²) >= 11 is 0. The van der Waals surface area contributed by atoms with Crippen molar-refractivity contribution in [2.45, 2.75) is 38.0 Å². The first-order valence-corrected chi connectivity index (χ1v) is 13.7. The zero-order valence-corrected chi connectivity index (χ0v) is 22.5. The maximum absolute atomic E-state index is 13.2. The molecule has 2 fully saturated rings. The number of benzene rings is 2. The molecule has 1 amide bonds. The highest BCUT2D eigenvalue weighted by Crippen LogP contribution is 2.33. The molecule has 4 aromatic rings. The van der Waals surface area contributed by atoms with Crippen LogP contribution >= 0.6 is 0 Å². The van der Waals surface area contributed by atoms with Gasteiger partial charge in [-0.2, -0.15) is 9.50 Å². The Kier molecular flexibility index (Phi) is 7.04. The molecule has 0 spiro atoms. The molecule has 2 aromatic carbocycles. The van der Waals surface area contributed by atoms with Crippen LogP contribution in [-0.4, -0.2) is 70.8 Å². The molecule has 1 aliphatic carbocycles. The number of piperazine rings is 1. The molecule has 2 aromatic heterocycles. The average molecular weight is 527 g/mol. The van der Waals surface area contributed by atoms with E-state index in [2.05, 4.69) is 34.1 Å². The van der Waals surface area contributed by atoms with Crippen LogP contribution in [-0.2, 0) is 0 Å². The number of nitrogens with zero attached hydrogens (tertiary/aromatic N) is 6. The number of carbonyl (C=O) groups is 1. The quantitative estimate of drug-likeness (QED) is 0.356. The summed E-state index contributed by atoms with van der Waals surface area (Å²) in [5.41, 5.74) is 4.05. The molecular weight excluding hydrogens is 492 g/mol. The number of methoxy groups -OCH3 is 2. The minimum Gasteiger partial charge on any atom is -0.497 e. The highest BCUT2D eigenvalue weighted by Gasteiger charge is 2.26. The zero-order valence-electron chi connectivity index (χ0n) is 22.5. The summed E-state index contributed by atoms with van der Waals surface area (Å²) in [4.78, 5) is 26.3. The minimum absolute atomic E-state index is 0.0459. The van der Waals surface area contributed by atoms with Gasteiger partial charge in [0.05, 0.1) is 19.9 Å². The van der Waals surface area contributed by atoms with Crippen molar-refractivity contribution in [2.75, 3.05) is 45.3 Å². The lowest BCUT2D eigenvalue weighted by atomic mass is 9.84. The lowest BCUT2D eigenvalue weighted by Gasteiger charge is -2.34. The van der Waals surface area contributed by atoms with Crippen molar-refractivity contribution in [3.63, 3.8) is 0 Å². The van der Waals surface area contributed by atoms with Crippen molar-refractivity contribution in [1.29, 1.82) is 0 Å². The van der Waals surface area contributed by atoms with Crippen LogP contribution in [0.2, 0.25) is 0 Å². The van der Waals surface area contributed by atoms with Gasteiger partial charge in [-0.05, 0) is 42.5 Å². The molecule has 39 heavy (non-hydrogen) atoms. The molecule has 2 aliphatic rings. The zero-order chi connectivity index (χ0) is 26.8. The molecule has 9 heteroatoms. The van der Waals surface area contributed by atoms with Crippen LogP contribution in [0.15, 0.2) is 54.7 Å².